The molecule has 1 aromatic carbocycles. The standard InChI is InChI=1S/C13H17F4NO2/c1-9(18-6-7-20-8-13(15,16)17)12-10(14)4-3-5-11(12)19-2/h3-5,9,18H,6-8H2,1-2H3. The molecule has 114 valence electrons. The van der Waals surface area contributed by atoms with Gasteiger partial charge in [-0.15, -0.1) is 0 Å². The molecule has 7 heteroatoms. The molecule has 0 amide bonds. The normalized spacial score (nSPS) is 13.3. The maximum atomic E-state index is 13.7. The quantitative estimate of drug-likeness (QED) is 0.619. The molecule has 0 saturated heterocycles. The number of hydrogen-bond acceptors (Lipinski definition) is 3. The Bertz CT molecular complexity index is 423. The molecule has 0 radical (unpaired) electrons. The second-order valence-corrected chi connectivity index (χ2v) is 4.20. The van der Waals surface area contributed by atoms with E-state index in [0.29, 0.717) is 11.3 Å². The van der Waals surface area contributed by atoms with E-state index < -0.39 is 24.6 Å². The highest BCUT2D eigenvalue weighted by Crippen LogP contribution is 2.27. The zero-order chi connectivity index (χ0) is 15.2. The van der Waals surface area contributed by atoms with E-state index in [9.17, 15) is 17.6 Å². The summed E-state index contributed by atoms with van der Waals surface area (Å²) in [4.78, 5) is 0. The first-order chi connectivity index (χ1) is 9.35. The Morgan fingerprint density at radius 1 is 1.30 bits per heavy atom. The summed E-state index contributed by atoms with van der Waals surface area (Å²) in [6.45, 7) is 0.478. The lowest BCUT2D eigenvalue weighted by atomic mass is 10.1. The van der Waals surface area contributed by atoms with Crippen molar-refractivity contribution in [3.05, 3.63) is 29.6 Å². The van der Waals surface area contributed by atoms with E-state index in [4.69, 9.17) is 4.74 Å². The van der Waals surface area contributed by atoms with Gasteiger partial charge in [0.25, 0.3) is 0 Å². The molecule has 0 spiro atoms. The van der Waals surface area contributed by atoms with Crippen LogP contribution in [0.3, 0.4) is 0 Å². The molecule has 1 N–H and O–H groups in total. The fraction of sp³-hybridized carbons (Fsp3) is 0.538. The van der Waals surface area contributed by atoms with Gasteiger partial charge < -0.3 is 14.8 Å². The molecule has 3 nitrogen and oxygen atoms in total. The average Bonchev–Trinajstić information content (AvgIpc) is 2.36. The second-order valence-electron chi connectivity index (χ2n) is 4.20. The van der Waals surface area contributed by atoms with Crippen LogP contribution in [0.1, 0.15) is 18.5 Å². The van der Waals surface area contributed by atoms with E-state index in [1.54, 1.807) is 13.0 Å². The molecule has 0 heterocycles. The topological polar surface area (TPSA) is 30.5 Å². The monoisotopic (exact) mass is 295 g/mol. The molecule has 20 heavy (non-hydrogen) atoms. The molecule has 0 aromatic heterocycles. The average molecular weight is 295 g/mol. The Morgan fingerprint density at radius 2 is 2.00 bits per heavy atom. The lowest BCUT2D eigenvalue weighted by molar-refractivity contribution is -0.173. The number of rotatable bonds is 7. The van der Waals surface area contributed by atoms with Gasteiger partial charge in [0.1, 0.15) is 18.2 Å². The van der Waals surface area contributed by atoms with Crippen LogP contribution in [0.25, 0.3) is 0 Å². The van der Waals surface area contributed by atoms with E-state index in [1.807, 2.05) is 0 Å². The van der Waals surface area contributed by atoms with Gasteiger partial charge in [0, 0.05) is 18.2 Å². The lowest BCUT2D eigenvalue weighted by Crippen LogP contribution is -2.26. The molecule has 1 unspecified atom stereocenters. The highest BCUT2D eigenvalue weighted by atomic mass is 19.4. The van der Waals surface area contributed by atoms with E-state index >= 15 is 0 Å². The summed E-state index contributed by atoms with van der Waals surface area (Å²) in [5.41, 5.74) is 0.339. The number of nitrogens with one attached hydrogen (secondary N) is 1. The minimum atomic E-state index is -4.33. The Labute approximate surface area is 114 Å². The summed E-state index contributed by atoms with van der Waals surface area (Å²) in [7, 11) is 1.43. The third-order valence-corrected chi connectivity index (χ3v) is 2.63. The number of benzene rings is 1. The summed E-state index contributed by atoms with van der Waals surface area (Å²) in [6, 6.07) is 4.05. The number of methoxy groups -OCH3 is 1. The van der Waals surface area contributed by atoms with Gasteiger partial charge >= 0.3 is 6.18 Å². The number of halogens is 4. The van der Waals surface area contributed by atoms with Crippen molar-refractivity contribution in [3.63, 3.8) is 0 Å². The van der Waals surface area contributed by atoms with Gasteiger partial charge in [0.2, 0.25) is 0 Å². The van der Waals surface area contributed by atoms with Crippen LogP contribution in [0.2, 0.25) is 0 Å². The van der Waals surface area contributed by atoms with Crippen LogP contribution < -0.4 is 10.1 Å². The smallest absolute Gasteiger partial charge is 0.411 e. The molecule has 1 atom stereocenters. The fourth-order valence-corrected chi connectivity index (χ4v) is 1.75. The van der Waals surface area contributed by atoms with Gasteiger partial charge in [-0.1, -0.05) is 6.07 Å². The van der Waals surface area contributed by atoms with Crippen molar-refractivity contribution in [2.75, 3.05) is 26.9 Å². The van der Waals surface area contributed by atoms with Gasteiger partial charge in [-0.2, -0.15) is 13.2 Å². The maximum absolute atomic E-state index is 13.7. The van der Waals surface area contributed by atoms with E-state index in [0.717, 1.165) is 0 Å². The van der Waals surface area contributed by atoms with Crippen molar-refractivity contribution < 1.29 is 27.0 Å². The van der Waals surface area contributed by atoms with E-state index in [1.165, 1.54) is 19.2 Å². The highest BCUT2D eigenvalue weighted by Gasteiger charge is 2.27. The Kier molecular flexibility index (Phi) is 6.22. The van der Waals surface area contributed by atoms with Crippen molar-refractivity contribution in [1.82, 2.24) is 5.32 Å². The summed E-state index contributed by atoms with van der Waals surface area (Å²) in [5.74, 6) is -0.0400. The summed E-state index contributed by atoms with van der Waals surface area (Å²) in [5, 5.41) is 2.89. The van der Waals surface area contributed by atoms with Crippen LogP contribution in [0.15, 0.2) is 18.2 Å². The minimum absolute atomic E-state index is 0.110. The first kappa shape index (κ1) is 16.7. The number of ether oxygens (including phenoxy) is 2. The van der Waals surface area contributed by atoms with Crippen molar-refractivity contribution in [2.45, 2.75) is 19.1 Å². The number of hydrogen-bond donors (Lipinski definition) is 1. The van der Waals surface area contributed by atoms with E-state index in [2.05, 4.69) is 10.1 Å². The second kappa shape index (κ2) is 7.44. The first-order valence-electron chi connectivity index (χ1n) is 6.05. The molecule has 0 saturated carbocycles. The maximum Gasteiger partial charge on any atom is 0.411 e. The molecule has 0 aliphatic rings. The van der Waals surface area contributed by atoms with Crippen LogP contribution in [0.5, 0.6) is 5.75 Å². The minimum Gasteiger partial charge on any atom is -0.496 e. The van der Waals surface area contributed by atoms with Crippen LogP contribution in [-0.2, 0) is 4.74 Å². The molecule has 1 rings (SSSR count). The lowest BCUT2D eigenvalue weighted by Gasteiger charge is -2.18. The van der Waals surface area contributed by atoms with Gasteiger partial charge in [0.15, 0.2) is 0 Å². The SMILES string of the molecule is COc1cccc(F)c1C(C)NCCOCC(F)(F)F. The molecular weight excluding hydrogens is 278 g/mol. The van der Waals surface area contributed by atoms with Crippen LogP contribution >= 0.6 is 0 Å². The van der Waals surface area contributed by atoms with Gasteiger partial charge in [0.05, 0.1) is 13.7 Å². The molecular formula is C13H17F4NO2. The van der Waals surface area contributed by atoms with Gasteiger partial charge in [-0.25, -0.2) is 4.39 Å². The zero-order valence-electron chi connectivity index (χ0n) is 11.3. The predicted octanol–water partition coefficient (Wildman–Crippen LogP) is 3.06. The number of alkyl halides is 3. The summed E-state index contributed by atoms with van der Waals surface area (Å²) >= 11 is 0. The fourth-order valence-electron chi connectivity index (χ4n) is 1.75. The van der Waals surface area contributed by atoms with E-state index in [-0.39, 0.29) is 13.2 Å². The van der Waals surface area contributed by atoms with Crippen molar-refractivity contribution in [3.8, 4) is 5.75 Å². The van der Waals surface area contributed by atoms with Crippen molar-refractivity contribution >= 4 is 0 Å². The molecule has 0 aliphatic carbocycles. The first-order valence-corrected chi connectivity index (χ1v) is 6.05. The Balaban J connectivity index is 2.45. The molecule has 0 fully saturated rings. The zero-order valence-corrected chi connectivity index (χ0v) is 11.3. The van der Waals surface area contributed by atoms with Gasteiger partial charge in [-0.3, -0.25) is 0 Å². The van der Waals surface area contributed by atoms with Crippen LogP contribution in [-0.4, -0.2) is 33.0 Å². The van der Waals surface area contributed by atoms with Crippen molar-refractivity contribution in [1.29, 1.82) is 0 Å². The van der Waals surface area contributed by atoms with Crippen molar-refractivity contribution in [2.24, 2.45) is 0 Å². The van der Waals surface area contributed by atoms with Crippen LogP contribution in [0.4, 0.5) is 17.6 Å². The van der Waals surface area contributed by atoms with Crippen LogP contribution in [0, 0.1) is 5.82 Å². The predicted molar refractivity (Wildman–Crippen MR) is 66.2 cm³/mol. The largest absolute Gasteiger partial charge is 0.496 e. The summed E-state index contributed by atoms with van der Waals surface area (Å²) in [6.07, 6.45) is -4.33. The highest BCUT2D eigenvalue weighted by molar-refractivity contribution is 5.36. The third kappa shape index (κ3) is 5.34. The molecule has 0 aliphatic heterocycles. The molecule has 1 aromatic rings. The molecule has 0 bridgehead atoms. The summed E-state index contributed by atoms with van der Waals surface area (Å²) < 4.78 is 58.8. The third-order valence-electron chi connectivity index (χ3n) is 2.63. The Morgan fingerprint density at radius 3 is 2.60 bits per heavy atom. The Hall–Kier alpha value is -1.34. The van der Waals surface area contributed by atoms with Gasteiger partial charge in [-0.05, 0) is 19.1 Å².